The summed E-state index contributed by atoms with van der Waals surface area (Å²) in [7, 11) is 0. The van der Waals surface area contributed by atoms with Gasteiger partial charge in [-0.25, -0.2) is 0 Å². The number of likely N-dealkylation sites (tertiary alicyclic amines) is 1. The van der Waals surface area contributed by atoms with Crippen LogP contribution in [0.1, 0.15) is 31.7 Å². The fourth-order valence-corrected chi connectivity index (χ4v) is 3.67. The van der Waals surface area contributed by atoms with Crippen LogP contribution in [0.3, 0.4) is 0 Å². The van der Waals surface area contributed by atoms with Gasteiger partial charge in [0, 0.05) is 31.7 Å². The first-order valence-corrected chi connectivity index (χ1v) is 8.51. The molecule has 0 aromatic heterocycles. The van der Waals surface area contributed by atoms with E-state index in [2.05, 4.69) is 16.3 Å². The number of carbonyl (C=O) groups excluding carboxylic acids is 2. The molecule has 124 valence electrons. The van der Waals surface area contributed by atoms with Crippen LogP contribution in [0.4, 0.5) is 5.69 Å². The Morgan fingerprint density at radius 1 is 1.22 bits per heavy atom. The fourth-order valence-electron chi connectivity index (χ4n) is 3.67. The van der Waals surface area contributed by atoms with E-state index in [1.165, 1.54) is 5.56 Å². The number of anilines is 1. The summed E-state index contributed by atoms with van der Waals surface area (Å²) in [5.74, 6) is 0.175. The van der Waals surface area contributed by atoms with Crippen molar-refractivity contribution in [1.82, 2.24) is 10.2 Å². The predicted octanol–water partition coefficient (Wildman–Crippen LogP) is 1.57. The quantitative estimate of drug-likeness (QED) is 0.921. The number of rotatable bonds is 3. The van der Waals surface area contributed by atoms with Gasteiger partial charge in [0.05, 0.1) is 6.54 Å². The monoisotopic (exact) mass is 315 g/mol. The Kier molecular flexibility index (Phi) is 4.96. The largest absolute Gasteiger partial charge is 0.352 e. The third-order valence-corrected chi connectivity index (χ3v) is 4.68. The maximum Gasteiger partial charge on any atom is 0.241 e. The molecule has 2 aliphatic rings. The smallest absolute Gasteiger partial charge is 0.241 e. The summed E-state index contributed by atoms with van der Waals surface area (Å²) in [6, 6.07) is 8.36. The molecular weight excluding hydrogens is 290 g/mol. The number of fused-ring (bicyclic) bond motifs is 1. The van der Waals surface area contributed by atoms with Crippen LogP contribution < -0.4 is 10.2 Å². The normalized spacial score (nSPS) is 21.6. The van der Waals surface area contributed by atoms with E-state index in [1.54, 1.807) is 6.92 Å². The molecule has 0 spiro atoms. The Hall–Kier alpha value is -1.88. The molecule has 1 fully saturated rings. The van der Waals surface area contributed by atoms with Crippen LogP contribution in [-0.4, -0.2) is 48.9 Å². The van der Waals surface area contributed by atoms with E-state index in [1.807, 2.05) is 23.1 Å². The summed E-state index contributed by atoms with van der Waals surface area (Å²) < 4.78 is 0. The molecule has 3 rings (SSSR count). The molecule has 1 aromatic rings. The molecule has 1 unspecified atom stereocenters. The van der Waals surface area contributed by atoms with Gasteiger partial charge in [0.2, 0.25) is 11.8 Å². The number of hydrogen-bond acceptors (Lipinski definition) is 3. The van der Waals surface area contributed by atoms with Crippen LogP contribution in [0.2, 0.25) is 0 Å². The summed E-state index contributed by atoms with van der Waals surface area (Å²) in [5, 5.41) is 2.97. The highest BCUT2D eigenvalue weighted by Gasteiger charge is 2.26. The van der Waals surface area contributed by atoms with Gasteiger partial charge < -0.3 is 10.2 Å². The number of nitrogens with zero attached hydrogens (tertiary/aromatic N) is 2. The van der Waals surface area contributed by atoms with Crippen molar-refractivity contribution in [1.29, 1.82) is 0 Å². The predicted molar refractivity (Wildman–Crippen MR) is 90.4 cm³/mol. The van der Waals surface area contributed by atoms with Crippen molar-refractivity contribution in [2.75, 3.05) is 31.1 Å². The second-order valence-corrected chi connectivity index (χ2v) is 6.55. The van der Waals surface area contributed by atoms with Crippen LogP contribution in [0.5, 0.6) is 0 Å². The van der Waals surface area contributed by atoms with Crippen molar-refractivity contribution < 1.29 is 9.59 Å². The molecule has 0 aliphatic carbocycles. The van der Waals surface area contributed by atoms with E-state index in [9.17, 15) is 9.59 Å². The first kappa shape index (κ1) is 16.0. The summed E-state index contributed by atoms with van der Waals surface area (Å²) >= 11 is 0. The molecule has 1 N–H and O–H groups in total. The molecular formula is C18H25N3O2. The van der Waals surface area contributed by atoms with E-state index >= 15 is 0 Å². The summed E-state index contributed by atoms with van der Waals surface area (Å²) in [6.45, 7) is 4.48. The molecule has 2 amide bonds. The Bertz CT molecular complexity index is 587. The van der Waals surface area contributed by atoms with Gasteiger partial charge in [-0.15, -0.1) is 0 Å². The van der Waals surface area contributed by atoms with Crippen molar-refractivity contribution in [2.24, 2.45) is 0 Å². The van der Waals surface area contributed by atoms with Crippen LogP contribution in [0.25, 0.3) is 0 Å². The van der Waals surface area contributed by atoms with Gasteiger partial charge in [-0.05, 0) is 43.9 Å². The van der Waals surface area contributed by atoms with Crippen LogP contribution >= 0.6 is 0 Å². The van der Waals surface area contributed by atoms with E-state index in [4.69, 9.17) is 0 Å². The second-order valence-electron chi connectivity index (χ2n) is 6.55. The van der Waals surface area contributed by atoms with Gasteiger partial charge in [0.15, 0.2) is 0 Å². The van der Waals surface area contributed by atoms with Gasteiger partial charge in [0.25, 0.3) is 0 Å². The Labute approximate surface area is 137 Å². The van der Waals surface area contributed by atoms with Crippen molar-refractivity contribution in [2.45, 2.75) is 38.6 Å². The van der Waals surface area contributed by atoms with Crippen LogP contribution in [0, 0.1) is 0 Å². The number of piperidine rings is 1. The maximum atomic E-state index is 12.8. The minimum atomic E-state index is 0.00753. The maximum absolute atomic E-state index is 12.8. The third-order valence-electron chi connectivity index (χ3n) is 4.68. The molecule has 2 heterocycles. The number of hydrogen-bond donors (Lipinski definition) is 1. The number of benzene rings is 1. The van der Waals surface area contributed by atoms with Gasteiger partial charge in [-0.1, -0.05) is 18.2 Å². The number of para-hydroxylation sites is 1. The SMILES string of the molecule is CC(=O)NC1CCCN(CC(=O)N2CCCc3ccccc32)C1. The van der Waals surface area contributed by atoms with E-state index < -0.39 is 0 Å². The van der Waals surface area contributed by atoms with Gasteiger partial charge >= 0.3 is 0 Å². The molecule has 1 atom stereocenters. The lowest BCUT2D eigenvalue weighted by molar-refractivity contribution is -0.120. The van der Waals surface area contributed by atoms with Crippen molar-refractivity contribution in [3.05, 3.63) is 29.8 Å². The van der Waals surface area contributed by atoms with E-state index in [-0.39, 0.29) is 17.9 Å². The zero-order chi connectivity index (χ0) is 16.2. The third kappa shape index (κ3) is 3.91. The molecule has 0 saturated carbocycles. The molecule has 0 radical (unpaired) electrons. The molecule has 2 aliphatic heterocycles. The lowest BCUT2D eigenvalue weighted by Crippen LogP contribution is -2.50. The summed E-state index contributed by atoms with van der Waals surface area (Å²) in [6.07, 6.45) is 4.09. The molecule has 1 saturated heterocycles. The van der Waals surface area contributed by atoms with Crippen molar-refractivity contribution in [3.8, 4) is 0 Å². The molecule has 23 heavy (non-hydrogen) atoms. The first-order chi connectivity index (χ1) is 11.1. The minimum absolute atomic E-state index is 0.00753. The average Bonchev–Trinajstić information content (AvgIpc) is 2.54. The summed E-state index contributed by atoms with van der Waals surface area (Å²) in [5.41, 5.74) is 2.33. The van der Waals surface area contributed by atoms with E-state index in [0.29, 0.717) is 6.54 Å². The van der Waals surface area contributed by atoms with Gasteiger partial charge in [-0.3, -0.25) is 14.5 Å². The number of nitrogens with one attached hydrogen (secondary N) is 1. The molecule has 0 bridgehead atoms. The molecule has 5 heteroatoms. The van der Waals surface area contributed by atoms with Crippen molar-refractivity contribution >= 4 is 17.5 Å². The zero-order valence-electron chi connectivity index (χ0n) is 13.8. The average molecular weight is 315 g/mol. The molecule has 5 nitrogen and oxygen atoms in total. The van der Waals surface area contributed by atoms with Crippen LogP contribution in [-0.2, 0) is 16.0 Å². The number of carbonyl (C=O) groups is 2. The van der Waals surface area contributed by atoms with E-state index in [0.717, 1.165) is 51.0 Å². The van der Waals surface area contributed by atoms with Crippen LogP contribution in [0.15, 0.2) is 24.3 Å². The highest BCUT2D eigenvalue weighted by Crippen LogP contribution is 2.27. The lowest BCUT2D eigenvalue weighted by Gasteiger charge is -2.35. The second kappa shape index (κ2) is 7.13. The minimum Gasteiger partial charge on any atom is -0.352 e. The Morgan fingerprint density at radius 3 is 2.87 bits per heavy atom. The number of amides is 2. The zero-order valence-corrected chi connectivity index (χ0v) is 13.8. The molecule has 1 aromatic carbocycles. The topological polar surface area (TPSA) is 52.7 Å². The number of aryl methyl sites for hydroxylation is 1. The highest BCUT2D eigenvalue weighted by atomic mass is 16.2. The Balaban J connectivity index is 1.62. The lowest BCUT2D eigenvalue weighted by atomic mass is 10.0. The first-order valence-electron chi connectivity index (χ1n) is 8.51. The van der Waals surface area contributed by atoms with Gasteiger partial charge in [-0.2, -0.15) is 0 Å². The summed E-state index contributed by atoms with van der Waals surface area (Å²) in [4.78, 5) is 28.1. The fraction of sp³-hybridized carbons (Fsp3) is 0.556. The Morgan fingerprint density at radius 2 is 2.04 bits per heavy atom. The highest BCUT2D eigenvalue weighted by molar-refractivity contribution is 5.96. The van der Waals surface area contributed by atoms with Crippen molar-refractivity contribution in [3.63, 3.8) is 0 Å². The standard InChI is InChI=1S/C18H25N3O2/c1-14(22)19-16-8-5-10-20(12-16)13-18(23)21-11-4-7-15-6-2-3-9-17(15)21/h2-3,6,9,16H,4-5,7-8,10-13H2,1H3,(H,19,22). The van der Waals surface area contributed by atoms with Gasteiger partial charge in [0.1, 0.15) is 0 Å².